The van der Waals surface area contributed by atoms with Gasteiger partial charge >= 0.3 is 0 Å². The number of nitrogens with one attached hydrogen (secondary N) is 1. The van der Waals surface area contributed by atoms with Crippen LogP contribution in [0.3, 0.4) is 0 Å². The molecule has 0 bridgehead atoms. The van der Waals surface area contributed by atoms with E-state index in [1.807, 2.05) is 35.3 Å². The lowest BCUT2D eigenvalue weighted by Crippen LogP contribution is -2.13. The predicted octanol–water partition coefficient (Wildman–Crippen LogP) is 2.53. The monoisotopic (exact) mass is 209 g/mol. The summed E-state index contributed by atoms with van der Waals surface area (Å²) in [4.78, 5) is 2.86. The van der Waals surface area contributed by atoms with Crippen LogP contribution in [0.4, 0.5) is 0 Å². The Bertz CT molecular complexity index is 318. The summed E-state index contributed by atoms with van der Waals surface area (Å²) in [6.07, 6.45) is 3.75. The van der Waals surface area contributed by atoms with Crippen LogP contribution in [0.1, 0.15) is 0 Å². The summed E-state index contributed by atoms with van der Waals surface area (Å²) in [5.74, 6) is 1.79. The van der Waals surface area contributed by atoms with Crippen LogP contribution >= 0.6 is 11.3 Å². The number of ether oxygens (including phenoxy) is 2. The molecule has 0 atom stereocenters. The van der Waals surface area contributed by atoms with E-state index in [-0.39, 0.29) is 0 Å². The quantitative estimate of drug-likeness (QED) is 0.723. The van der Waals surface area contributed by atoms with Gasteiger partial charge in [-0.2, -0.15) is 0 Å². The summed E-state index contributed by atoms with van der Waals surface area (Å²) in [5.41, 5.74) is 0. The molecule has 1 aliphatic heterocycles. The summed E-state index contributed by atoms with van der Waals surface area (Å²) in [6, 6.07) is 3.89. The van der Waals surface area contributed by atoms with Gasteiger partial charge in [-0.15, -0.1) is 11.3 Å². The second kappa shape index (κ2) is 4.72. The van der Waals surface area contributed by atoms with Crippen LogP contribution in [0.25, 0.3) is 0 Å². The van der Waals surface area contributed by atoms with Gasteiger partial charge in [0.25, 0.3) is 0 Å². The van der Waals surface area contributed by atoms with Crippen molar-refractivity contribution in [1.82, 2.24) is 4.98 Å². The van der Waals surface area contributed by atoms with E-state index >= 15 is 0 Å². The van der Waals surface area contributed by atoms with Gasteiger partial charge in [-0.25, -0.2) is 0 Å². The molecule has 0 amide bonds. The third-order valence-electron chi connectivity index (χ3n) is 1.69. The van der Waals surface area contributed by atoms with E-state index in [2.05, 4.69) is 4.98 Å². The van der Waals surface area contributed by atoms with Crippen molar-refractivity contribution in [3.8, 4) is 11.5 Å². The van der Waals surface area contributed by atoms with Crippen LogP contribution < -0.4 is 9.47 Å². The minimum absolute atomic E-state index is 0.684. The van der Waals surface area contributed by atoms with Gasteiger partial charge in [0, 0.05) is 23.2 Å². The molecule has 0 saturated heterocycles. The molecule has 0 aliphatic carbocycles. The first-order valence-corrected chi connectivity index (χ1v) is 5.30. The number of hydrogen-bond donors (Lipinski definition) is 1. The van der Waals surface area contributed by atoms with Crippen molar-refractivity contribution in [2.24, 2.45) is 0 Å². The molecule has 3 nitrogen and oxygen atoms in total. The average molecular weight is 209 g/mol. The van der Waals surface area contributed by atoms with Gasteiger partial charge in [0.05, 0.1) is 0 Å². The maximum atomic E-state index is 5.25. The number of aromatic amines is 1. The highest BCUT2D eigenvalue weighted by atomic mass is 32.1. The van der Waals surface area contributed by atoms with Crippen LogP contribution in [0.2, 0.25) is 0 Å². The standard InChI is InChI=1S/C6H6O2S.C4H5N/c1-2-8-6-4-9-3-5(6)7-1;1-2-4-5-3-1/h3-4H,1-2H2;1-5H. The van der Waals surface area contributed by atoms with E-state index in [9.17, 15) is 0 Å². The normalized spacial score (nSPS) is 12.9. The zero-order chi connectivity index (χ0) is 9.64. The van der Waals surface area contributed by atoms with Crippen LogP contribution in [0.5, 0.6) is 11.5 Å². The Morgan fingerprint density at radius 3 is 2.00 bits per heavy atom. The van der Waals surface area contributed by atoms with Crippen molar-refractivity contribution in [2.45, 2.75) is 0 Å². The highest BCUT2D eigenvalue weighted by molar-refractivity contribution is 7.08. The van der Waals surface area contributed by atoms with E-state index in [0.717, 1.165) is 11.5 Å². The highest BCUT2D eigenvalue weighted by Gasteiger charge is 2.10. The molecule has 74 valence electrons. The SMILES string of the molecule is c1cc[nH]c1.c1scc2c1OCCO2. The number of fused-ring (bicyclic) bond motifs is 1. The Hall–Kier alpha value is -1.42. The third kappa shape index (κ3) is 2.29. The maximum Gasteiger partial charge on any atom is 0.172 e. The first-order valence-electron chi connectivity index (χ1n) is 4.36. The van der Waals surface area contributed by atoms with Crippen molar-refractivity contribution in [3.05, 3.63) is 35.3 Å². The Balaban J connectivity index is 0.000000128. The largest absolute Gasteiger partial charge is 0.485 e. The fraction of sp³-hybridized carbons (Fsp3) is 0.200. The van der Waals surface area contributed by atoms with Gasteiger partial charge in [-0.1, -0.05) is 0 Å². The first kappa shape index (κ1) is 9.15. The lowest BCUT2D eigenvalue weighted by molar-refractivity contribution is 0.173. The molecule has 4 heteroatoms. The zero-order valence-corrected chi connectivity index (χ0v) is 8.42. The van der Waals surface area contributed by atoms with Crippen molar-refractivity contribution in [3.63, 3.8) is 0 Å². The topological polar surface area (TPSA) is 34.2 Å². The molecule has 0 saturated carbocycles. The summed E-state index contributed by atoms with van der Waals surface area (Å²) in [7, 11) is 0. The molecule has 1 N–H and O–H groups in total. The average Bonchev–Trinajstić information content (AvgIpc) is 2.92. The summed E-state index contributed by atoms with van der Waals surface area (Å²) in [5, 5.41) is 3.91. The molecule has 14 heavy (non-hydrogen) atoms. The molecular formula is C10H11NO2S. The Morgan fingerprint density at radius 2 is 1.57 bits per heavy atom. The molecule has 0 unspecified atom stereocenters. The Kier molecular flexibility index (Phi) is 3.08. The molecular weight excluding hydrogens is 198 g/mol. The predicted molar refractivity (Wildman–Crippen MR) is 56.1 cm³/mol. The molecule has 2 aromatic heterocycles. The van der Waals surface area contributed by atoms with Crippen LogP contribution in [0.15, 0.2) is 35.3 Å². The summed E-state index contributed by atoms with van der Waals surface area (Å²) in [6.45, 7) is 1.37. The Labute approximate surface area is 86.3 Å². The van der Waals surface area contributed by atoms with Crippen molar-refractivity contribution in [1.29, 1.82) is 0 Å². The van der Waals surface area contributed by atoms with E-state index in [4.69, 9.17) is 9.47 Å². The third-order valence-corrected chi connectivity index (χ3v) is 2.39. The molecule has 0 spiro atoms. The highest BCUT2D eigenvalue weighted by Crippen LogP contribution is 2.33. The zero-order valence-electron chi connectivity index (χ0n) is 7.60. The fourth-order valence-electron chi connectivity index (χ4n) is 1.07. The summed E-state index contributed by atoms with van der Waals surface area (Å²) >= 11 is 1.61. The van der Waals surface area contributed by atoms with Crippen LogP contribution in [-0.4, -0.2) is 18.2 Å². The molecule has 3 rings (SSSR count). The van der Waals surface area contributed by atoms with Gasteiger partial charge in [0.15, 0.2) is 11.5 Å². The second-order valence-corrected chi connectivity index (χ2v) is 3.43. The molecule has 0 radical (unpaired) electrons. The van der Waals surface area contributed by atoms with Crippen LogP contribution in [0, 0.1) is 0 Å². The van der Waals surface area contributed by atoms with Crippen LogP contribution in [-0.2, 0) is 0 Å². The van der Waals surface area contributed by atoms with E-state index in [0.29, 0.717) is 13.2 Å². The van der Waals surface area contributed by atoms with Gasteiger partial charge in [0.2, 0.25) is 0 Å². The van der Waals surface area contributed by atoms with E-state index in [1.54, 1.807) is 11.3 Å². The first-order chi connectivity index (χ1) is 6.97. The second-order valence-electron chi connectivity index (χ2n) is 2.68. The molecule has 0 aromatic carbocycles. The lowest BCUT2D eigenvalue weighted by atomic mass is 10.5. The van der Waals surface area contributed by atoms with Gasteiger partial charge < -0.3 is 14.5 Å². The minimum atomic E-state index is 0.684. The summed E-state index contributed by atoms with van der Waals surface area (Å²) < 4.78 is 10.5. The Morgan fingerprint density at radius 1 is 1.00 bits per heavy atom. The van der Waals surface area contributed by atoms with Gasteiger partial charge in [-0.05, 0) is 12.1 Å². The minimum Gasteiger partial charge on any atom is -0.485 e. The van der Waals surface area contributed by atoms with E-state index in [1.165, 1.54) is 0 Å². The van der Waals surface area contributed by atoms with Gasteiger partial charge in [0.1, 0.15) is 13.2 Å². The number of thiophene rings is 1. The van der Waals surface area contributed by atoms with E-state index < -0.39 is 0 Å². The van der Waals surface area contributed by atoms with Crippen molar-refractivity contribution in [2.75, 3.05) is 13.2 Å². The van der Waals surface area contributed by atoms with Crippen molar-refractivity contribution >= 4 is 11.3 Å². The number of hydrogen-bond acceptors (Lipinski definition) is 3. The number of H-pyrrole nitrogens is 1. The molecule has 1 aliphatic rings. The maximum absolute atomic E-state index is 5.25. The van der Waals surface area contributed by atoms with Crippen molar-refractivity contribution < 1.29 is 9.47 Å². The fourth-order valence-corrected chi connectivity index (χ4v) is 1.75. The molecule has 3 heterocycles. The number of aromatic nitrogens is 1. The smallest absolute Gasteiger partial charge is 0.172 e. The molecule has 2 aromatic rings. The van der Waals surface area contributed by atoms with Gasteiger partial charge in [-0.3, -0.25) is 0 Å². The lowest BCUT2D eigenvalue weighted by Gasteiger charge is -2.13. The number of rotatable bonds is 0. The molecule has 0 fully saturated rings.